The molecule has 1 aliphatic rings. The Hall–Kier alpha value is -2.93. The molecule has 3 heterocycles. The number of nitrogens with zero attached hydrogens (tertiary/aromatic N) is 2. The number of pyridine rings is 1. The van der Waals surface area contributed by atoms with Gasteiger partial charge in [0.05, 0.1) is 5.69 Å². The van der Waals surface area contributed by atoms with Gasteiger partial charge in [0.2, 0.25) is 6.79 Å². The van der Waals surface area contributed by atoms with Crippen LogP contribution >= 0.6 is 11.3 Å². The summed E-state index contributed by atoms with van der Waals surface area (Å²) in [5.41, 5.74) is 2.63. The van der Waals surface area contributed by atoms with Crippen LogP contribution in [-0.2, 0) is 6.54 Å². The van der Waals surface area contributed by atoms with Crippen LogP contribution < -0.4 is 14.8 Å². The van der Waals surface area contributed by atoms with Gasteiger partial charge in [0.15, 0.2) is 11.5 Å². The minimum atomic E-state index is -0.132. The van der Waals surface area contributed by atoms with E-state index >= 15 is 0 Å². The van der Waals surface area contributed by atoms with Crippen LogP contribution in [-0.4, -0.2) is 22.7 Å². The van der Waals surface area contributed by atoms with E-state index in [9.17, 15) is 4.79 Å². The summed E-state index contributed by atoms with van der Waals surface area (Å²) >= 11 is 1.38. The summed E-state index contributed by atoms with van der Waals surface area (Å²) in [5.74, 6) is 1.31. The predicted molar refractivity (Wildman–Crippen MR) is 93.8 cm³/mol. The third-order valence-electron chi connectivity index (χ3n) is 3.82. The first-order chi connectivity index (χ1) is 12.2. The smallest absolute Gasteiger partial charge is 0.263 e. The Kier molecular flexibility index (Phi) is 4.07. The molecule has 4 rings (SSSR count). The average molecular weight is 353 g/mol. The number of thiazole rings is 1. The number of rotatable bonds is 4. The molecule has 3 aromatic rings. The van der Waals surface area contributed by atoms with Gasteiger partial charge < -0.3 is 14.8 Å². The first-order valence-electron chi connectivity index (χ1n) is 7.75. The van der Waals surface area contributed by atoms with Gasteiger partial charge in [0.1, 0.15) is 9.88 Å². The first kappa shape index (κ1) is 15.6. The molecule has 2 aromatic heterocycles. The van der Waals surface area contributed by atoms with Crippen molar-refractivity contribution in [2.45, 2.75) is 13.5 Å². The second-order valence-electron chi connectivity index (χ2n) is 5.54. The lowest BCUT2D eigenvalue weighted by Crippen LogP contribution is -2.22. The highest BCUT2D eigenvalue weighted by molar-refractivity contribution is 7.17. The predicted octanol–water partition coefficient (Wildman–Crippen LogP) is 3.17. The van der Waals surface area contributed by atoms with Gasteiger partial charge in [-0.3, -0.25) is 9.78 Å². The van der Waals surface area contributed by atoms with Crippen molar-refractivity contribution in [1.82, 2.24) is 15.3 Å². The van der Waals surface area contributed by atoms with Crippen LogP contribution in [0.25, 0.3) is 10.6 Å². The number of aryl methyl sites for hydroxylation is 1. The molecule has 7 heteroatoms. The van der Waals surface area contributed by atoms with Crippen LogP contribution in [0.3, 0.4) is 0 Å². The Labute approximate surface area is 148 Å². The van der Waals surface area contributed by atoms with E-state index in [1.807, 2.05) is 37.3 Å². The zero-order valence-corrected chi connectivity index (χ0v) is 14.3. The molecule has 0 aliphatic carbocycles. The van der Waals surface area contributed by atoms with Crippen molar-refractivity contribution in [1.29, 1.82) is 0 Å². The van der Waals surface area contributed by atoms with Crippen LogP contribution in [0.5, 0.6) is 11.5 Å². The molecular formula is C18H15N3O3S. The summed E-state index contributed by atoms with van der Waals surface area (Å²) in [5, 5.41) is 3.75. The number of carbonyl (C=O) groups is 1. The van der Waals surface area contributed by atoms with Crippen molar-refractivity contribution in [3.8, 4) is 22.1 Å². The molecule has 0 atom stereocenters. The Bertz CT molecular complexity index is 925. The highest BCUT2D eigenvalue weighted by atomic mass is 32.1. The number of aromatic nitrogens is 2. The van der Waals surface area contributed by atoms with Crippen LogP contribution in [0.2, 0.25) is 0 Å². The Balaban J connectivity index is 1.47. The third kappa shape index (κ3) is 3.18. The van der Waals surface area contributed by atoms with Gasteiger partial charge >= 0.3 is 0 Å². The number of amides is 1. The van der Waals surface area contributed by atoms with E-state index in [2.05, 4.69) is 15.3 Å². The van der Waals surface area contributed by atoms with Crippen LogP contribution in [0.1, 0.15) is 20.9 Å². The van der Waals surface area contributed by atoms with Gasteiger partial charge in [0, 0.05) is 24.5 Å². The van der Waals surface area contributed by atoms with Crippen molar-refractivity contribution < 1.29 is 14.3 Å². The van der Waals surface area contributed by atoms with Gasteiger partial charge in [-0.05, 0) is 36.8 Å². The maximum Gasteiger partial charge on any atom is 0.263 e. The molecule has 0 saturated carbocycles. The largest absolute Gasteiger partial charge is 0.454 e. The van der Waals surface area contributed by atoms with Gasteiger partial charge in [-0.1, -0.05) is 6.07 Å². The maximum atomic E-state index is 12.5. The van der Waals surface area contributed by atoms with Crippen molar-refractivity contribution in [2.75, 3.05) is 6.79 Å². The minimum Gasteiger partial charge on any atom is -0.454 e. The number of ether oxygens (including phenoxy) is 2. The van der Waals surface area contributed by atoms with Gasteiger partial charge in [-0.2, -0.15) is 0 Å². The molecule has 0 fully saturated rings. The van der Waals surface area contributed by atoms with E-state index in [-0.39, 0.29) is 12.7 Å². The fraction of sp³-hybridized carbons (Fsp3) is 0.167. The maximum absolute atomic E-state index is 12.5. The standard InChI is InChI=1S/C18H15N3O3S/c1-11-16(25-18(21-11)13-4-6-19-7-5-13)17(22)20-9-12-2-3-14-15(8-12)24-10-23-14/h2-8H,9-10H2,1H3,(H,20,22). The summed E-state index contributed by atoms with van der Waals surface area (Å²) in [7, 11) is 0. The highest BCUT2D eigenvalue weighted by Gasteiger charge is 2.17. The Morgan fingerprint density at radius 3 is 2.84 bits per heavy atom. The van der Waals surface area contributed by atoms with Crippen molar-refractivity contribution >= 4 is 17.2 Å². The van der Waals surface area contributed by atoms with Crippen LogP contribution in [0.4, 0.5) is 0 Å². The summed E-state index contributed by atoms with van der Waals surface area (Å²) in [6.07, 6.45) is 3.43. The molecular weight excluding hydrogens is 338 g/mol. The van der Waals surface area contributed by atoms with Crippen molar-refractivity contribution in [3.63, 3.8) is 0 Å². The fourth-order valence-corrected chi connectivity index (χ4v) is 3.53. The number of benzene rings is 1. The number of hydrogen-bond acceptors (Lipinski definition) is 6. The minimum absolute atomic E-state index is 0.132. The SMILES string of the molecule is Cc1nc(-c2ccncc2)sc1C(=O)NCc1ccc2c(c1)OCO2. The zero-order chi connectivity index (χ0) is 17.2. The molecule has 1 aromatic carbocycles. The summed E-state index contributed by atoms with van der Waals surface area (Å²) in [4.78, 5) is 21.6. The quantitative estimate of drug-likeness (QED) is 0.780. The molecule has 1 N–H and O–H groups in total. The van der Waals surface area contributed by atoms with Crippen LogP contribution in [0.15, 0.2) is 42.7 Å². The lowest BCUT2D eigenvalue weighted by atomic mass is 10.2. The van der Waals surface area contributed by atoms with E-state index in [1.54, 1.807) is 12.4 Å². The zero-order valence-electron chi connectivity index (χ0n) is 13.5. The normalized spacial score (nSPS) is 12.2. The fourth-order valence-electron chi connectivity index (χ4n) is 2.54. The van der Waals surface area contributed by atoms with Crippen LogP contribution in [0, 0.1) is 6.92 Å². The number of fused-ring (bicyclic) bond motifs is 1. The topological polar surface area (TPSA) is 73.3 Å². The molecule has 0 saturated heterocycles. The molecule has 1 aliphatic heterocycles. The van der Waals surface area contributed by atoms with Crippen molar-refractivity contribution in [3.05, 3.63) is 58.9 Å². The second-order valence-corrected chi connectivity index (χ2v) is 6.54. The van der Waals surface area contributed by atoms with E-state index in [4.69, 9.17) is 9.47 Å². The average Bonchev–Trinajstić information content (AvgIpc) is 3.26. The van der Waals surface area contributed by atoms with E-state index in [1.165, 1.54) is 11.3 Å². The first-order valence-corrected chi connectivity index (χ1v) is 8.57. The van der Waals surface area contributed by atoms with E-state index < -0.39 is 0 Å². The molecule has 0 radical (unpaired) electrons. The number of carbonyl (C=O) groups excluding carboxylic acids is 1. The highest BCUT2D eigenvalue weighted by Crippen LogP contribution is 2.32. The monoisotopic (exact) mass is 353 g/mol. The van der Waals surface area contributed by atoms with E-state index in [0.29, 0.717) is 17.2 Å². The molecule has 0 unspecified atom stereocenters. The molecule has 6 nitrogen and oxygen atoms in total. The number of hydrogen-bond donors (Lipinski definition) is 1. The Morgan fingerprint density at radius 1 is 1.20 bits per heavy atom. The summed E-state index contributed by atoms with van der Waals surface area (Å²) in [6.45, 7) is 2.50. The Morgan fingerprint density at radius 2 is 2.00 bits per heavy atom. The summed E-state index contributed by atoms with van der Waals surface area (Å²) in [6, 6.07) is 9.41. The molecule has 25 heavy (non-hydrogen) atoms. The van der Waals surface area contributed by atoms with Gasteiger partial charge in [0.25, 0.3) is 5.91 Å². The molecule has 126 valence electrons. The van der Waals surface area contributed by atoms with E-state index in [0.717, 1.165) is 27.6 Å². The van der Waals surface area contributed by atoms with Gasteiger partial charge in [-0.25, -0.2) is 4.98 Å². The lowest BCUT2D eigenvalue weighted by Gasteiger charge is -2.05. The molecule has 0 bridgehead atoms. The second kappa shape index (κ2) is 6.52. The molecule has 0 spiro atoms. The lowest BCUT2D eigenvalue weighted by molar-refractivity contribution is 0.0954. The third-order valence-corrected chi connectivity index (χ3v) is 5.03. The summed E-state index contributed by atoms with van der Waals surface area (Å²) < 4.78 is 10.6. The van der Waals surface area contributed by atoms with Crippen molar-refractivity contribution in [2.24, 2.45) is 0 Å². The molecule has 1 amide bonds. The van der Waals surface area contributed by atoms with Gasteiger partial charge in [-0.15, -0.1) is 11.3 Å². The number of nitrogens with one attached hydrogen (secondary N) is 1.